The highest BCUT2D eigenvalue weighted by Crippen LogP contribution is 2.15. The molecular weight excluding hydrogens is 270 g/mol. The molecule has 16 heavy (non-hydrogen) atoms. The standard InChI is InChI=1S/C7H13N3O3S3/c1-14-5-6-8-7(10-9-6)15-3-2-4-16(11,12)13/h2-5H2,1H3,(H,8,9,10)(H,11,12,13). The zero-order valence-electron chi connectivity index (χ0n) is 8.71. The van der Waals surface area contributed by atoms with Crippen LogP contribution >= 0.6 is 23.5 Å². The number of hydrogen-bond acceptors (Lipinski definition) is 6. The molecule has 0 bridgehead atoms. The van der Waals surface area contributed by atoms with Gasteiger partial charge in [-0.3, -0.25) is 9.65 Å². The molecule has 0 saturated heterocycles. The molecule has 92 valence electrons. The first-order valence-corrected chi connectivity index (χ1v) is 8.48. The van der Waals surface area contributed by atoms with E-state index in [1.807, 2.05) is 6.26 Å². The van der Waals surface area contributed by atoms with E-state index in [1.54, 1.807) is 11.8 Å². The Bertz CT molecular complexity index is 418. The van der Waals surface area contributed by atoms with Gasteiger partial charge in [-0.1, -0.05) is 11.8 Å². The number of rotatable bonds is 7. The van der Waals surface area contributed by atoms with Crippen molar-refractivity contribution in [1.29, 1.82) is 0 Å². The van der Waals surface area contributed by atoms with E-state index in [0.717, 1.165) is 11.6 Å². The van der Waals surface area contributed by atoms with Gasteiger partial charge in [-0.15, -0.1) is 5.10 Å². The van der Waals surface area contributed by atoms with Crippen LogP contribution in [0.5, 0.6) is 0 Å². The van der Waals surface area contributed by atoms with Crippen molar-refractivity contribution in [2.75, 3.05) is 17.8 Å². The number of aromatic nitrogens is 3. The Morgan fingerprint density at radius 2 is 2.25 bits per heavy atom. The van der Waals surface area contributed by atoms with Crippen LogP contribution in [0.15, 0.2) is 5.16 Å². The molecule has 1 aromatic rings. The molecule has 1 rings (SSSR count). The van der Waals surface area contributed by atoms with Gasteiger partial charge in [0.05, 0.1) is 11.5 Å². The van der Waals surface area contributed by atoms with Crippen molar-refractivity contribution in [3.05, 3.63) is 5.82 Å². The second-order valence-corrected chi connectivity index (χ2v) is 6.49. The lowest BCUT2D eigenvalue weighted by molar-refractivity contribution is 0.482. The van der Waals surface area contributed by atoms with Crippen molar-refractivity contribution >= 4 is 33.6 Å². The number of H-pyrrole nitrogens is 1. The molecule has 0 aliphatic heterocycles. The summed E-state index contributed by atoms with van der Waals surface area (Å²) in [5.41, 5.74) is 0. The minimum Gasteiger partial charge on any atom is -0.286 e. The first kappa shape index (κ1) is 13.8. The highest BCUT2D eigenvalue weighted by Gasteiger charge is 2.06. The molecule has 0 amide bonds. The van der Waals surface area contributed by atoms with Crippen LogP contribution < -0.4 is 0 Å². The fraction of sp³-hybridized carbons (Fsp3) is 0.714. The van der Waals surface area contributed by atoms with E-state index in [-0.39, 0.29) is 5.75 Å². The molecule has 0 aliphatic rings. The third-order valence-electron chi connectivity index (χ3n) is 1.57. The first-order valence-electron chi connectivity index (χ1n) is 4.49. The lowest BCUT2D eigenvalue weighted by atomic mass is 10.6. The fourth-order valence-electron chi connectivity index (χ4n) is 0.948. The van der Waals surface area contributed by atoms with Crippen molar-refractivity contribution in [2.45, 2.75) is 17.3 Å². The van der Waals surface area contributed by atoms with Crippen LogP contribution in [0.3, 0.4) is 0 Å². The molecule has 0 unspecified atom stereocenters. The molecule has 1 heterocycles. The van der Waals surface area contributed by atoms with E-state index in [0.29, 0.717) is 17.3 Å². The predicted molar refractivity (Wildman–Crippen MR) is 65.4 cm³/mol. The average molecular weight is 283 g/mol. The molecule has 0 spiro atoms. The van der Waals surface area contributed by atoms with Crippen LogP contribution in [-0.4, -0.2) is 45.9 Å². The summed E-state index contributed by atoms with van der Waals surface area (Å²) in [6.07, 6.45) is 2.36. The summed E-state index contributed by atoms with van der Waals surface area (Å²) in [5, 5.41) is 7.37. The minimum absolute atomic E-state index is 0.220. The predicted octanol–water partition coefficient (Wildman–Crippen LogP) is 1.04. The average Bonchev–Trinajstić information content (AvgIpc) is 2.60. The van der Waals surface area contributed by atoms with Crippen molar-refractivity contribution in [3.63, 3.8) is 0 Å². The van der Waals surface area contributed by atoms with Gasteiger partial charge in [-0.25, -0.2) is 4.98 Å². The second-order valence-electron chi connectivity index (χ2n) is 2.99. The Morgan fingerprint density at radius 1 is 1.50 bits per heavy atom. The summed E-state index contributed by atoms with van der Waals surface area (Å²) in [4.78, 5) is 4.20. The maximum absolute atomic E-state index is 10.4. The lowest BCUT2D eigenvalue weighted by Gasteiger charge is -1.95. The highest BCUT2D eigenvalue weighted by molar-refractivity contribution is 7.99. The van der Waals surface area contributed by atoms with Crippen LogP contribution in [0.4, 0.5) is 0 Å². The van der Waals surface area contributed by atoms with Gasteiger partial charge >= 0.3 is 0 Å². The lowest BCUT2D eigenvalue weighted by Crippen LogP contribution is -2.04. The van der Waals surface area contributed by atoms with Gasteiger partial charge in [0.25, 0.3) is 10.1 Å². The van der Waals surface area contributed by atoms with E-state index in [1.165, 1.54) is 11.8 Å². The van der Waals surface area contributed by atoms with Gasteiger partial charge in [0.1, 0.15) is 5.82 Å². The zero-order valence-corrected chi connectivity index (χ0v) is 11.2. The summed E-state index contributed by atoms with van der Waals surface area (Å²) in [5.74, 6) is 1.93. The normalized spacial score (nSPS) is 11.9. The van der Waals surface area contributed by atoms with Crippen LogP contribution in [0.1, 0.15) is 12.2 Å². The molecule has 0 aromatic carbocycles. The number of nitrogens with one attached hydrogen (secondary N) is 1. The van der Waals surface area contributed by atoms with Gasteiger partial charge in [0, 0.05) is 5.75 Å². The molecule has 0 aliphatic carbocycles. The quantitative estimate of drug-likeness (QED) is 0.438. The summed E-state index contributed by atoms with van der Waals surface area (Å²) >= 11 is 3.01. The highest BCUT2D eigenvalue weighted by atomic mass is 32.2. The van der Waals surface area contributed by atoms with Gasteiger partial charge in [0.2, 0.25) is 5.16 Å². The molecule has 6 nitrogen and oxygen atoms in total. The minimum atomic E-state index is -3.85. The van der Waals surface area contributed by atoms with Crippen LogP contribution in [0, 0.1) is 0 Å². The summed E-state index contributed by atoms with van der Waals surface area (Å²) in [6.45, 7) is 0. The van der Waals surface area contributed by atoms with E-state index < -0.39 is 10.1 Å². The molecular formula is C7H13N3O3S3. The summed E-state index contributed by atoms with van der Waals surface area (Å²) < 4.78 is 29.4. The van der Waals surface area contributed by atoms with E-state index in [4.69, 9.17) is 4.55 Å². The first-order chi connectivity index (χ1) is 7.51. The van der Waals surface area contributed by atoms with Crippen molar-refractivity contribution in [3.8, 4) is 0 Å². The third-order valence-corrected chi connectivity index (χ3v) is 3.87. The van der Waals surface area contributed by atoms with Crippen LogP contribution in [-0.2, 0) is 15.9 Å². The third kappa shape index (κ3) is 5.73. The molecule has 1 aromatic heterocycles. The molecule has 0 saturated carbocycles. The maximum Gasteiger partial charge on any atom is 0.264 e. The molecule has 9 heteroatoms. The Labute approximate surface area is 103 Å². The van der Waals surface area contributed by atoms with Gasteiger partial charge < -0.3 is 0 Å². The smallest absolute Gasteiger partial charge is 0.264 e. The summed E-state index contributed by atoms with van der Waals surface area (Å²) in [6, 6.07) is 0. The van der Waals surface area contributed by atoms with Crippen molar-refractivity contribution < 1.29 is 13.0 Å². The Balaban J connectivity index is 2.26. The topological polar surface area (TPSA) is 95.9 Å². The molecule has 0 fully saturated rings. The molecule has 2 N–H and O–H groups in total. The van der Waals surface area contributed by atoms with E-state index >= 15 is 0 Å². The summed E-state index contributed by atoms with van der Waals surface area (Å²) in [7, 11) is -3.85. The molecule has 0 atom stereocenters. The number of aromatic amines is 1. The largest absolute Gasteiger partial charge is 0.286 e. The monoisotopic (exact) mass is 283 g/mol. The zero-order chi connectivity index (χ0) is 12.0. The van der Waals surface area contributed by atoms with E-state index in [9.17, 15) is 8.42 Å². The van der Waals surface area contributed by atoms with Crippen LogP contribution in [0.25, 0.3) is 0 Å². The Kier molecular flexibility index (Phi) is 5.59. The Hall–Kier alpha value is -0.250. The SMILES string of the molecule is CSCc1nc(SCCCS(=O)(=O)O)n[nH]1. The maximum atomic E-state index is 10.4. The fourth-order valence-corrected chi connectivity index (χ4v) is 2.80. The molecule has 0 radical (unpaired) electrons. The van der Waals surface area contributed by atoms with Crippen molar-refractivity contribution in [2.24, 2.45) is 0 Å². The van der Waals surface area contributed by atoms with Crippen LogP contribution in [0.2, 0.25) is 0 Å². The number of hydrogen-bond donors (Lipinski definition) is 2. The Morgan fingerprint density at radius 3 is 2.88 bits per heavy atom. The van der Waals surface area contributed by atoms with Gasteiger partial charge in [-0.05, 0) is 12.7 Å². The van der Waals surface area contributed by atoms with Crippen molar-refractivity contribution in [1.82, 2.24) is 15.2 Å². The number of thioether (sulfide) groups is 2. The van der Waals surface area contributed by atoms with Gasteiger partial charge in [0.15, 0.2) is 0 Å². The second kappa shape index (κ2) is 6.48. The van der Waals surface area contributed by atoms with Gasteiger partial charge in [-0.2, -0.15) is 20.2 Å². The number of nitrogens with zero attached hydrogens (tertiary/aromatic N) is 2. The van der Waals surface area contributed by atoms with E-state index in [2.05, 4.69) is 15.2 Å².